The third-order valence-corrected chi connectivity index (χ3v) is 3.52. The van der Waals surface area contributed by atoms with Gasteiger partial charge in [0.2, 0.25) is 0 Å². The lowest BCUT2D eigenvalue weighted by Crippen LogP contribution is -2.47. The quantitative estimate of drug-likeness (QED) is 0.820. The molecule has 1 aliphatic rings. The van der Waals surface area contributed by atoms with Crippen LogP contribution >= 0.6 is 0 Å². The van der Waals surface area contributed by atoms with Crippen LogP contribution in [0.2, 0.25) is 0 Å². The molecule has 1 aliphatic heterocycles. The average Bonchev–Trinajstić information content (AvgIpc) is 2.59. The first kappa shape index (κ1) is 11.4. The number of hydrogen-bond acceptors (Lipinski definition) is 3. The van der Waals surface area contributed by atoms with Crippen LogP contribution in [0.25, 0.3) is 0 Å². The van der Waals surface area contributed by atoms with Crippen LogP contribution in [0, 0.1) is 0 Å². The molecule has 0 aromatic heterocycles. The molecular weight excluding hydrogens is 202 g/mol. The van der Waals surface area contributed by atoms with Gasteiger partial charge in [0, 0.05) is 18.7 Å². The molecule has 2 atom stereocenters. The fraction of sp³-hybridized carbons (Fsp3) is 0.538. The lowest BCUT2D eigenvalue weighted by Gasteiger charge is -2.29. The van der Waals surface area contributed by atoms with Crippen molar-refractivity contribution in [3.05, 3.63) is 29.8 Å². The second-order valence-corrected chi connectivity index (χ2v) is 4.70. The molecule has 0 amide bonds. The van der Waals surface area contributed by atoms with Crippen molar-refractivity contribution >= 4 is 0 Å². The largest absolute Gasteiger partial charge is 0.508 e. The maximum Gasteiger partial charge on any atom is 0.115 e. The summed E-state index contributed by atoms with van der Waals surface area (Å²) in [5, 5.41) is 12.7. The normalized spacial score (nSPS) is 29.5. The number of nitrogens with one attached hydrogen (secondary N) is 1. The van der Waals surface area contributed by atoms with E-state index in [1.54, 1.807) is 12.1 Å². The van der Waals surface area contributed by atoms with Crippen LogP contribution in [0.4, 0.5) is 0 Å². The van der Waals surface area contributed by atoms with Gasteiger partial charge in [-0.15, -0.1) is 0 Å². The molecule has 3 nitrogen and oxygen atoms in total. The van der Waals surface area contributed by atoms with Crippen LogP contribution < -0.4 is 5.32 Å². The number of aromatic hydroxyl groups is 1. The first-order chi connectivity index (χ1) is 7.60. The molecule has 1 aromatic carbocycles. The summed E-state index contributed by atoms with van der Waals surface area (Å²) in [4.78, 5) is 0. The number of ether oxygens (including phenoxy) is 1. The van der Waals surface area contributed by atoms with Crippen LogP contribution in [0.1, 0.15) is 25.8 Å². The van der Waals surface area contributed by atoms with Crippen molar-refractivity contribution in [1.29, 1.82) is 0 Å². The third kappa shape index (κ3) is 2.36. The fourth-order valence-corrected chi connectivity index (χ4v) is 1.98. The van der Waals surface area contributed by atoms with E-state index in [1.807, 2.05) is 12.1 Å². The van der Waals surface area contributed by atoms with E-state index in [-0.39, 0.29) is 11.6 Å². The summed E-state index contributed by atoms with van der Waals surface area (Å²) in [5.74, 6) is 0.313. The number of phenols is 1. The molecule has 2 N–H and O–H groups in total. The molecule has 0 bridgehead atoms. The van der Waals surface area contributed by atoms with E-state index in [9.17, 15) is 5.11 Å². The van der Waals surface area contributed by atoms with Gasteiger partial charge in [0.1, 0.15) is 5.75 Å². The monoisotopic (exact) mass is 221 g/mol. The number of benzene rings is 1. The van der Waals surface area contributed by atoms with Crippen LogP contribution in [0.5, 0.6) is 5.75 Å². The Bertz CT molecular complexity index is 349. The van der Waals surface area contributed by atoms with Gasteiger partial charge in [-0.1, -0.05) is 12.1 Å². The van der Waals surface area contributed by atoms with Gasteiger partial charge in [0.25, 0.3) is 0 Å². The Morgan fingerprint density at radius 1 is 1.44 bits per heavy atom. The van der Waals surface area contributed by atoms with E-state index >= 15 is 0 Å². The maximum absolute atomic E-state index is 9.19. The van der Waals surface area contributed by atoms with Crippen LogP contribution in [-0.2, 0) is 11.3 Å². The first-order valence-electron chi connectivity index (χ1n) is 5.75. The Morgan fingerprint density at radius 2 is 2.12 bits per heavy atom. The van der Waals surface area contributed by atoms with Crippen molar-refractivity contribution in [1.82, 2.24) is 5.32 Å². The molecular formula is C13H19NO2. The number of phenolic OH excluding ortho intramolecular Hbond substituents is 1. The number of hydrogen-bond donors (Lipinski definition) is 2. The van der Waals surface area contributed by atoms with E-state index in [1.165, 1.54) is 5.56 Å². The predicted octanol–water partition coefficient (Wildman–Crippen LogP) is 2.05. The van der Waals surface area contributed by atoms with Gasteiger partial charge in [-0.2, -0.15) is 0 Å². The van der Waals surface area contributed by atoms with Crippen molar-refractivity contribution in [3.8, 4) is 5.75 Å². The molecule has 88 valence electrons. The minimum Gasteiger partial charge on any atom is -0.508 e. The Morgan fingerprint density at radius 3 is 2.69 bits per heavy atom. The third-order valence-electron chi connectivity index (χ3n) is 3.52. The van der Waals surface area contributed by atoms with Gasteiger partial charge in [0.05, 0.1) is 6.10 Å². The van der Waals surface area contributed by atoms with Gasteiger partial charge < -0.3 is 15.2 Å². The van der Waals surface area contributed by atoms with Gasteiger partial charge in [-0.3, -0.25) is 0 Å². The fourth-order valence-electron chi connectivity index (χ4n) is 1.98. The summed E-state index contributed by atoms with van der Waals surface area (Å²) in [5.41, 5.74) is 1.25. The molecule has 0 saturated carbocycles. The predicted molar refractivity (Wildman–Crippen MR) is 63.4 cm³/mol. The highest BCUT2D eigenvalue weighted by Crippen LogP contribution is 2.25. The SMILES string of the molecule is CC1OCCC1(C)NCc1ccc(O)cc1. The minimum atomic E-state index is 0.0673. The van der Waals surface area contributed by atoms with Crippen LogP contribution in [0.15, 0.2) is 24.3 Å². The van der Waals surface area contributed by atoms with Crippen LogP contribution in [0.3, 0.4) is 0 Å². The van der Waals surface area contributed by atoms with E-state index < -0.39 is 0 Å². The zero-order valence-electron chi connectivity index (χ0n) is 9.86. The van der Waals surface area contributed by atoms with Crippen LogP contribution in [-0.4, -0.2) is 23.4 Å². The lowest BCUT2D eigenvalue weighted by molar-refractivity contribution is 0.0881. The molecule has 0 radical (unpaired) electrons. The van der Waals surface area contributed by atoms with Crippen molar-refractivity contribution in [3.63, 3.8) is 0 Å². The highest BCUT2D eigenvalue weighted by atomic mass is 16.5. The molecule has 0 spiro atoms. The molecule has 16 heavy (non-hydrogen) atoms. The molecule has 1 heterocycles. The van der Waals surface area contributed by atoms with Gasteiger partial charge >= 0.3 is 0 Å². The second kappa shape index (κ2) is 4.44. The Balaban J connectivity index is 1.94. The highest BCUT2D eigenvalue weighted by Gasteiger charge is 2.36. The van der Waals surface area contributed by atoms with Gasteiger partial charge in [-0.25, -0.2) is 0 Å². The summed E-state index contributed by atoms with van der Waals surface area (Å²) < 4.78 is 5.57. The molecule has 2 rings (SSSR count). The maximum atomic E-state index is 9.19. The summed E-state index contributed by atoms with van der Waals surface area (Å²) in [6, 6.07) is 7.31. The first-order valence-corrected chi connectivity index (χ1v) is 5.75. The van der Waals surface area contributed by atoms with E-state index in [0.717, 1.165) is 19.6 Å². The van der Waals surface area contributed by atoms with Crippen molar-refractivity contribution in [2.75, 3.05) is 6.61 Å². The molecule has 2 unspecified atom stereocenters. The highest BCUT2D eigenvalue weighted by molar-refractivity contribution is 5.25. The summed E-state index contributed by atoms with van der Waals surface area (Å²) in [6.07, 6.45) is 1.30. The summed E-state index contributed by atoms with van der Waals surface area (Å²) >= 11 is 0. The zero-order valence-corrected chi connectivity index (χ0v) is 9.86. The Hall–Kier alpha value is -1.06. The van der Waals surface area contributed by atoms with E-state index in [0.29, 0.717) is 5.75 Å². The second-order valence-electron chi connectivity index (χ2n) is 4.70. The zero-order chi connectivity index (χ0) is 11.6. The molecule has 1 saturated heterocycles. The smallest absolute Gasteiger partial charge is 0.115 e. The lowest BCUT2D eigenvalue weighted by atomic mass is 9.94. The topological polar surface area (TPSA) is 41.5 Å². The average molecular weight is 221 g/mol. The summed E-state index contributed by atoms with van der Waals surface area (Å²) in [6.45, 7) is 5.95. The van der Waals surface area contributed by atoms with Crippen molar-refractivity contribution in [2.24, 2.45) is 0 Å². The Kier molecular flexibility index (Phi) is 3.17. The van der Waals surface area contributed by atoms with E-state index in [4.69, 9.17) is 4.74 Å². The van der Waals surface area contributed by atoms with E-state index in [2.05, 4.69) is 19.2 Å². The summed E-state index contributed by atoms with van der Waals surface area (Å²) in [7, 11) is 0. The number of rotatable bonds is 3. The molecule has 1 fully saturated rings. The molecule has 0 aliphatic carbocycles. The molecule has 1 aromatic rings. The standard InChI is InChI=1S/C13H19NO2/c1-10-13(2,7-8-16-10)14-9-11-3-5-12(15)6-4-11/h3-6,10,14-15H,7-9H2,1-2H3. The van der Waals surface area contributed by atoms with Gasteiger partial charge in [0.15, 0.2) is 0 Å². The van der Waals surface area contributed by atoms with Crippen molar-refractivity contribution in [2.45, 2.75) is 38.5 Å². The van der Waals surface area contributed by atoms with Gasteiger partial charge in [-0.05, 0) is 38.0 Å². The minimum absolute atomic E-state index is 0.0673. The molecule has 3 heteroatoms. The van der Waals surface area contributed by atoms with Crippen molar-refractivity contribution < 1.29 is 9.84 Å². The Labute approximate surface area is 96.4 Å².